The Morgan fingerprint density at radius 2 is 1.91 bits per heavy atom. The maximum absolute atomic E-state index is 12.9. The maximum Gasteiger partial charge on any atom is 0.251 e. The Balaban J connectivity index is 1.93. The molecule has 1 saturated heterocycles. The van der Waals surface area contributed by atoms with Crippen molar-refractivity contribution in [1.29, 1.82) is 0 Å². The molecule has 1 amide bonds. The van der Waals surface area contributed by atoms with Gasteiger partial charge in [-0.1, -0.05) is 6.42 Å². The van der Waals surface area contributed by atoms with Gasteiger partial charge in [-0.15, -0.1) is 0 Å². The molecule has 1 heterocycles. The topological polar surface area (TPSA) is 75.7 Å². The van der Waals surface area contributed by atoms with Gasteiger partial charge in [-0.25, -0.2) is 8.42 Å². The van der Waals surface area contributed by atoms with Crippen molar-refractivity contribution in [2.75, 3.05) is 20.2 Å². The van der Waals surface area contributed by atoms with E-state index < -0.39 is 10.0 Å². The highest BCUT2D eigenvalue weighted by atomic mass is 32.2. The van der Waals surface area contributed by atoms with Crippen LogP contribution in [0.1, 0.15) is 42.5 Å². The molecule has 126 valence electrons. The van der Waals surface area contributed by atoms with Crippen LogP contribution in [-0.2, 0) is 10.0 Å². The molecule has 1 aliphatic heterocycles. The number of amides is 1. The molecule has 2 fully saturated rings. The molecule has 1 N–H and O–H groups in total. The number of rotatable bonds is 5. The van der Waals surface area contributed by atoms with Gasteiger partial charge in [0.1, 0.15) is 10.6 Å². The molecule has 1 aromatic carbocycles. The first-order valence-electron chi connectivity index (χ1n) is 8.01. The second-order valence-corrected chi connectivity index (χ2v) is 7.98. The SMILES string of the molecule is COc1ccc(C(=O)NC2CC2)cc1S(=O)(=O)N1CCCCC1. The van der Waals surface area contributed by atoms with Crippen LogP contribution in [0, 0.1) is 0 Å². The summed E-state index contributed by atoms with van der Waals surface area (Å²) < 4.78 is 32.5. The lowest BCUT2D eigenvalue weighted by atomic mass is 10.2. The van der Waals surface area contributed by atoms with Crippen molar-refractivity contribution in [3.05, 3.63) is 23.8 Å². The number of benzene rings is 1. The molecule has 2 aliphatic rings. The first kappa shape index (κ1) is 16.3. The normalized spacial score (nSPS) is 19.3. The van der Waals surface area contributed by atoms with Crippen molar-refractivity contribution in [3.8, 4) is 5.75 Å². The number of carbonyl (C=O) groups is 1. The van der Waals surface area contributed by atoms with E-state index in [0.29, 0.717) is 18.7 Å². The number of piperidine rings is 1. The highest BCUT2D eigenvalue weighted by Crippen LogP contribution is 2.30. The van der Waals surface area contributed by atoms with Crippen LogP contribution in [-0.4, -0.2) is 44.9 Å². The lowest BCUT2D eigenvalue weighted by molar-refractivity contribution is 0.0951. The van der Waals surface area contributed by atoms with Crippen LogP contribution in [0.5, 0.6) is 5.75 Å². The molecule has 0 spiro atoms. The van der Waals surface area contributed by atoms with Crippen molar-refractivity contribution in [3.63, 3.8) is 0 Å². The summed E-state index contributed by atoms with van der Waals surface area (Å²) in [6.45, 7) is 1.04. The Hall–Kier alpha value is -1.60. The van der Waals surface area contributed by atoms with E-state index >= 15 is 0 Å². The molecule has 23 heavy (non-hydrogen) atoms. The largest absolute Gasteiger partial charge is 0.495 e. The van der Waals surface area contributed by atoms with Crippen molar-refractivity contribution < 1.29 is 17.9 Å². The zero-order chi connectivity index (χ0) is 16.4. The number of nitrogens with zero attached hydrogens (tertiary/aromatic N) is 1. The zero-order valence-corrected chi connectivity index (χ0v) is 14.1. The van der Waals surface area contributed by atoms with E-state index in [1.54, 1.807) is 12.1 Å². The zero-order valence-electron chi connectivity index (χ0n) is 13.2. The number of sulfonamides is 1. The van der Waals surface area contributed by atoms with E-state index in [2.05, 4.69) is 5.32 Å². The van der Waals surface area contributed by atoms with E-state index in [9.17, 15) is 13.2 Å². The van der Waals surface area contributed by atoms with Crippen LogP contribution >= 0.6 is 0 Å². The van der Waals surface area contributed by atoms with Gasteiger partial charge in [-0.2, -0.15) is 4.31 Å². The van der Waals surface area contributed by atoms with Crippen LogP contribution in [0.15, 0.2) is 23.1 Å². The van der Waals surface area contributed by atoms with Crippen LogP contribution in [0.4, 0.5) is 0 Å². The van der Waals surface area contributed by atoms with Gasteiger partial charge in [0, 0.05) is 24.7 Å². The van der Waals surface area contributed by atoms with E-state index in [1.807, 2.05) is 0 Å². The lowest BCUT2D eigenvalue weighted by Gasteiger charge is -2.26. The van der Waals surface area contributed by atoms with E-state index in [0.717, 1.165) is 32.1 Å². The molecule has 1 aliphatic carbocycles. The Morgan fingerprint density at radius 3 is 2.52 bits per heavy atom. The number of nitrogens with one attached hydrogen (secondary N) is 1. The van der Waals surface area contributed by atoms with Crippen molar-refractivity contribution >= 4 is 15.9 Å². The average Bonchev–Trinajstić information content (AvgIpc) is 3.39. The molecular weight excluding hydrogens is 316 g/mol. The number of methoxy groups -OCH3 is 1. The number of hydrogen-bond acceptors (Lipinski definition) is 4. The van der Waals surface area contributed by atoms with Crippen LogP contribution in [0.3, 0.4) is 0 Å². The minimum atomic E-state index is -3.65. The van der Waals surface area contributed by atoms with Gasteiger partial charge in [-0.05, 0) is 43.9 Å². The summed E-state index contributed by atoms with van der Waals surface area (Å²) in [7, 11) is -2.21. The monoisotopic (exact) mass is 338 g/mol. The summed E-state index contributed by atoms with van der Waals surface area (Å²) in [4.78, 5) is 12.3. The minimum absolute atomic E-state index is 0.0744. The van der Waals surface area contributed by atoms with Crippen LogP contribution in [0.2, 0.25) is 0 Å². The highest BCUT2D eigenvalue weighted by Gasteiger charge is 2.30. The quantitative estimate of drug-likeness (QED) is 0.888. The minimum Gasteiger partial charge on any atom is -0.495 e. The van der Waals surface area contributed by atoms with Gasteiger partial charge in [0.15, 0.2) is 0 Å². The molecule has 0 atom stereocenters. The average molecular weight is 338 g/mol. The van der Waals surface area contributed by atoms with Gasteiger partial charge in [0.05, 0.1) is 7.11 Å². The van der Waals surface area contributed by atoms with Gasteiger partial charge in [-0.3, -0.25) is 4.79 Å². The number of hydrogen-bond donors (Lipinski definition) is 1. The molecule has 0 unspecified atom stereocenters. The van der Waals surface area contributed by atoms with E-state index in [1.165, 1.54) is 17.5 Å². The summed E-state index contributed by atoms with van der Waals surface area (Å²) in [5.74, 6) is 0.0452. The second kappa shape index (κ2) is 6.49. The molecule has 7 heteroatoms. The van der Waals surface area contributed by atoms with Gasteiger partial charge in [0.2, 0.25) is 10.0 Å². The smallest absolute Gasteiger partial charge is 0.251 e. The Kier molecular flexibility index (Phi) is 4.59. The van der Waals surface area contributed by atoms with E-state index in [4.69, 9.17) is 4.74 Å². The predicted molar refractivity (Wildman–Crippen MR) is 86.1 cm³/mol. The first-order chi connectivity index (χ1) is 11.0. The third-order valence-corrected chi connectivity index (χ3v) is 6.19. The van der Waals surface area contributed by atoms with E-state index in [-0.39, 0.29) is 22.6 Å². The van der Waals surface area contributed by atoms with Gasteiger partial charge >= 0.3 is 0 Å². The van der Waals surface area contributed by atoms with Crippen molar-refractivity contribution in [2.45, 2.75) is 43.0 Å². The molecule has 1 saturated carbocycles. The summed E-state index contributed by atoms with van der Waals surface area (Å²) in [6, 6.07) is 4.82. The Bertz CT molecular complexity index is 692. The Labute approximate surface area is 136 Å². The summed E-state index contributed by atoms with van der Waals surface area (Å²) in [5.41, 5.74) is 0.355. The third-order valence-electron chi connectivity index (χ3n) is 4.27. The molecule has 0 bridgehead atoms. The van der Waals surface area contributed by atoms with Crippen LogP contribution in [0.25, 0.3) is 0 Å². The fourth-order valence-corrected chi connectivity index (χ4v) is 4.46. The summed E-state index contributed by atoms with van der Waals surface area (Å²) in [5, 5.41) is 2.88. The second-order valence-electron chi connectivity index (χ2n) is 6.08. The molecule has 0 radical (unpaired) electrons. The maximum atomic E-state index is 12.9. The fourth-order valence-electron chi connectivity index (χ4n) is 2.76. The standard InChI is InChI=1S/C16H22N2O4S/c1-22-14-8-5-12(16(19)17-13-6-7-13)11-15(14)23(20,21)18-9-3-2-4-10-18/h5,8,11,13H,2-4,6-7,9-10H2,1H3,(H,17,19). The predicted octanol–water partition coefficient (Wildman–Crippen LogP) is 1.76. The van der Waals surface area contributed by atoms with Crippen LogP contribution < -0.4 is 10.1 Å². The first-order valence-corrected chi connectivity index (χ1v) is 9.45. The summed E-state index contributed by atoms with van der Waals surface area (Å²) in [6.07, 6.45) is 4.75. The molecule has 1 aromatic rings. The molecule has 0 aromatic heterocycles. The lowest BCUT2D eigenvalue weighted by Crippen LogP contribution is -2.36. The summed E-state index contributed by atoms with van der Waals surface area (Å²) >= 11 is 0. The van der Waals surface area contributed by atoms with Crippen molar-refractivity contribution in [1.82, 2.24) is 9.62 Å². The van der Waals surface area contributed by atoms with Crippen molar-refractivity contribution in [2.24, 2.45) is 0 Å². The van der Waals surface area contributed by atoms with Gasteiger partial charge < -0.3 is 10.1 Å². The number of ether oxygens (including phenoxy) is 1. The molecule has 6 nitrogen and oxygen atoms in total. The Morgan fingerprint density at radius 1 is 1.22 bits per heavy atom. The highest BCUT2D eigenvalue weighted by molar-refractivity contribution is 7.89. The fraction of sp³-hybridized carbons (Fsp3) is 0.562. The molecule has 3 rings (SSSR count). The number of carbonyl (C=O) groups excluding carboxylic acids is 1. The molecular formula is C16H22N2O4S. The van der Waals surface area contributed by atoms with Gasteiger partial charge in [0.25, 0.3) is 5.91 Å². The third kappa shape index (κ3) is 3.50.